The Morgan fingerprint density at radius 1 is 1.53 bits per heavy atom. The molecule has 1 aromatic carbocycles. The van der Waals surface area contributed by atoms with Crippen LogP contribution in [0.25, 0.3) is 0 Å². The Kier molecular flexibility index (Phi) is 1.73. The van der Waals surface area contributed by atoms with Crippen LogP contribution in [-0.4, -0.2) is 25.5 Å². The molecule has 78 valence electrons. The molecule has 0 bridgehead atoms. The molecule has 0 aromatic heterocycles. The predicted molar refractivity (Wildman–Crippen MR) is 57.9 cm³/mol. The van der Waals surface area contributed by atoms with Gasteiger partial charge in [-0.1, -0.05) is 12.1 Å². The van der Waals surface area contributed by atoms with E-state index in [9.17, 15) is 4.79 Å². The lowest BCUT2D eigenvalue weighted by Crippen LogP contribution is -2.52. The summed E-state index contributed by atoms with van der Waals surface area (Å²) in [6, 6.07) is 6.23. The third-order valence-electron chi connectivity index (χ3n) is 3.22. The van der Waals surface area contributed by atoms with Crippen molar-refractivity contribution >= 4 is 11.6 Å². The van der Waals surface area contributed by atoms with Gasteiger partial charge in [0.25, 0.3) is 5.91 Å². The number of hydrogen-bond donors (Lipinski definition) is 2. The van der Waals surface area contributed by atoms with Crippen molar-refractivity contribution in [2.75, 3.05) is 24.5 Å². The van der Waals surface area contributed by atoms with Crippen molar-refractivity contribution in [2.45, 2.75) is 6.04 Å². The first-order valence-corrected chi connectivity index (χ1v) is 5.19. The van der Waals surface area contributed by atoms with Crippen LogP contribution in [0.3, 0.4) is 0 Å². The van der Waals surface area contributed by atoms with E-state index in [1.807, 2.05) is 6.07 Å². The molecule has 2 heterocycles. The topological polar surface area (TPSA) is 58.4 Å². The molecule has 1 aromatic rings. The summed E-state index contributed by atoms with van der Waals surface area (Å²) >= 11 is 0. The van der Waals surface area contributed by atoms with E-state index in [-0.39, 0.29) is 5.91 Å². The van der Waals surface area contributed by atoms with Crippen molar-refractivity contribution in [3.63, 3.8) is 0 Å². The van der Waals surface area contributed by atoms with Gasteiger partial charge in [0.1, 0.15) is 0 Å². The minimum atomic E-state index is -0.330. The number of nitrogens with zero attached hydrogens (tertiary/aromatic N) is 1. The zero-order valence-electron chi connectivity index (χ0n) is 8.36. The largest absolute Gasteiger partial charge is 0.366 e. The molecule has 2 aliphatic heterocycles. The standard InChI is InChI=1S/C11H13N3O/c12-11(15)8-3-1-2-7-9-6-13-4-5-14(9)10(7)8/h1-3,9,13H,4-6H2,(H2,12,15). The van der Waals surface area contributed by atoms with Gasteiger partial charge in [0.2, 0.25) is 0 Å². The Morgan fingerprint density at radius 2 is 2.40 bits per heavy atom. The first kappa shape index (κ1) is 8.73. The number of amides is 1. The van der Waals surface area contributed by atoms with Crippen molar-refractivity contribution in [2.24, 2.45) is 5.73 Å². The second kappa shape index (κ2) is 2.97. The van der Waals surface area contributed by atoms with Crippen molar-refractivity contribution < 1.29 is 4.79 Å². The summed E-state index contributed by atoms with van der Waals surface area (Å²) in [4.78, 5) is 13.5. The number of carbonyl (C=O) groups excluding carboxylic acids is 1. The van der Waals surface area contributed by atoms with E-state index >= 15 is 0 Å². The van der Waals surface area contributed by atoms with Crippen LogP contribution in [0.2, 0.25) is 0 Å². The molecule has 1 unspecified atom stereocenters. The molecule has 1 fully saturated rings. The van der Waals surface area contributed by atoms with E-state index in [0.29, 0.717) is 11.6 Å². The average Bonchev–Trinajstić information content (AvgIpc) is 2.24. The van der Waals surface area contributed by atoms with Crippen LogP contribution in [0.15, 0.2) is 18.2 Å². The molecule has 0 spiro atoms. The van der Waals surface area contributed by atoms with E-state index < -0.39 is 0 Å². The van der Waals surface area contributed by atoms with Crippen molar-refractivity contribution in [3.05, 3.63) is 29.3 Å². The van der Waals surface area contributed by atoms with Crippen molar-refractivity contribution in [1.29, 1.82) is 0 Å². The van der Waals surface area contributed by atoms with Gasteiger partial charge in [0.15, 0.2) is 0 Å². The highest BCUT2D eigenvalue weighted by Gasteiger charge is 2.38. The molecule has 0 radical (unpaired) electrons. The number of carbonyl (C=O) groups is 1. The number of hydrogen-bond acceptors (Lipinski definition) is 3. The first-order valence-electron chi connectivity index (χ1n) is 5.19. The number of benzene rings is 1. The second-order valence-electron chi connectivity index (χ2n) is 4.02. The summed E-state index contributed by atoms with van der Waals surface area (Å²) in [5.74, 6) is -0.330. The predicted octanol–water partition coefficient (Wildman–Crippen LogP) is 0.250. The Balaban J connectivity index is 2.09. The van der Waals surface area contributed by atoms with Crippen LogP contribution >= 0.6 is 0 Å². The van der Waals surface area contributed by atoms with Gasteiger partial charge >= 0.3 is 0 Å². The smallest absolute Gasteiger partial charge is 0.250 e. The molecule has 3 N–H and O–H groups in total. The third-order valence-corrected chi connectivity index (χ3v) is 3.22. The molecule has 0 saturated carbocycles. The highest BCUT2D eigenvalue weighted by molar-refractivity contribution is 6.01. The Hall–Kier alpha value is -1.55. The van der Waals surface area contributed by atoms with Gasteiger partial charge < -0.3 is 16.0 Å². The summed E-state index contributed by atoms with van der Waals surface area (Å²) in [7, 11) is 0. The summed E-state index contributed by atoms with van der Waals surface area (Å²) in [5, 5.41) is 3.35. The van der Waals surface area contributed by atoms with Gasteiger partial charge in [0.05, 0.1) is 17.3 Å². The molecule has 1 amide bonds. The second-order valence-corrected chi connectivity index (χ2v) is 4.02. The van der Waals surface area contributed by atoms with Gasteiger partial charge in [-0.05, 0) is 11.6 Å². The number of rotatable bonds is 1. The molecule has 1 saturated heterocycles. The number of nitrogens with two attached hydrogens (primary N) is 1. The molecule has 4 heteroatoms. The van der Waals surface area contributed by atoms with Gasteiger partial charge in [0, 0.05) is 19.6 Å². The molecular formula is C11H13N3O. The Morgan fingerprint density at radius 3 is 3.20 bits per heavy atom. The maximum absolute atomic E-state index is 11.3. The average molecular weight is 203 g/mol. The van der Waals surface area contributed by atoms with E-state index in [1.54, 1.807) is 6.07 Å². The van der Waals surface area contributed by atoms with Crippen LogP contribution in [0, 0.1) is 0 Å². The lowest BCUT2D eigenvalue weighted by Gasteiger charge is -2.48. The maximum Gasteiger partial charge on any atom is 0.250 e. The Labute approximate surface area is 88.1 Å². The van der Waals surface area contributed by atoms with Crippen LogP contribution < -0.4 is 16.0 Å². The fraction of sp³-hybridized carbons (Fsp3) is 0.364. The quantitative estimate of drug-likeness (QED) is 0.688. The molecule has 0 aliphatic carbocycles. The minimum Gasteiger partial charge on any atom is -0.366 e. The molecule has 3 rings (SSSR count). The number of fused-ring (bicyclic) bond motifs is 4. The Bertz CT molecular complexity index is 430. The van der Waals surface area contributed by atoms with E-state index in [4.69, 9.17) is 5.73 Å². The van der Waals surface area contributed by atoms with Crippen molar-refractivity contribution in [3.8, 4) is 0 Å². The summed E-state index contributed by atoms with van der Waals surface area (Å²) in [6.07, 6.45) is 0. The zero-order chi connectivity index (χ0) is 10.4. The number of para-hydroxylation sites is 1. The van der Waals surface area contributed by atoms with Gasteiger partial charge in [-0.2, -0.15) is 0 Å². The van der Waals surface area contributed by atoms with Gasteiger partial charge in [-0.3, -0.25) is 4.79 Å². The monoisotopic (exact) mass is 203 g/mol. The number of primary amides is 1. The molecule has 1 atom stereocenters. The van der Waals surface area contributed by atoms with E-state index in [1.165, 1.54) is 5.56 Å². The van der Waals surface area contributed by atoms with Crippen LogP contribution in [-0.2, 0) is 0 Å². The molecule has 4 nitrogen and oxygen atoms in total. The normalized spacial score (nSPS) is 22.7. The number of nitrogens with one attached hydrogen (secondary N) is 1. The van der Waals surface area contributed by atoms with Crippen LogP contribution in [0.4, 0.5) is 5.69 Å². The van der Waals surface area contributed by atoms with Crippen LogP contribution in [0.5, 0.6) is 0 Å². The minimum absolute atomic E-state index is 0.330. The summed E-state index contributed by atoms with van der Waals surface area (Å²) in [6.45, 7) is 2.90. The summed E-state index contributed by atoms with van der Waals surface area (Å²) < 4.78 is 0. The maximum atomic E-state index is 11.3. The molecular weight excluding hydrogens is 190 g/mol. The first-order chi connectivity index (χ1) is 7.29. The molecule has 15 heavy (non-hydrogen) atoms. The SMILES string of the molecule is NC(=O)c1cccc2c1N1CCNCC21. The van der Waals surface area contributed by atoms with E-state index in [2.05, 4.69) is 16.3 Å². The summed E-state index contributed by atoms with van der Waals surface area (Å²) in [5.41, 5.74) is 8.32. The van der Waals surface area contributed by atoms with Gasteiger partial charge in [-0.25, -0.2) is 0 Å². The third kappa shape index (κ3) is 1.08. The van der Waals surface area contributed by atoms with Gasteiger partial charge in [-0.15, -0.1) is 0 Å². The highest BCUT2D eigenvalue weighted by atomic mass is 16.1. The fourth-order valence-electron chi connectivity index (χ4n) is 2.53. The lowest BCUT2D eigenvalue weighted by molar-refractivity contribution is 0.1000. The van der Waals surface area contributed by atoms with E-state index in [0.717, 1.165) is 25.3 Å². The molecule has 2 aliphatic rings. The lowest BCUT2D eigenvalue weighted by atomic mass is 9.88. The van der Waals surface area contributed by atoms with Crippen molar-refractivity contribution in [1.82, 2.24) is 5.32 Å². The fourth-order valence-corrected chi connectivity index (χ4v) is 2.53. The van der Waals surface area contributed by atoms with Crippen LogP contribution in [0.1, 0.15) is 22.0 Å². The highest BCUT2D eigenvalue weighted by Crippen LogP contribution is 2.45. The number of piperazine rings is 1. The number of anilines is 1. The zero-order valence-corrected chi connectivity index (χ0v) is 8.36.